The zero-order chi connectivity index (χ0) is 19.2. The van der Waals surface area contributed by atoms with Crippen LogP contribution in [0, 0.1) is 0 Å². The lowest BCUT2D eigenvalue weighted by Crippen LogP contribution is -2.17. The van der Waals surface area contributed by atoms with Gasteiger partial charge >= 0.3 is 12.0 Å². The average Bonchev–Trinajstić information content (AvgIpc) is 3.14. The molecule has 0 fully saturated rings. The van der Waals surface area contributed by atoms with Gasteiger partial charge in [-0.2, -0.15) is 0 Å². The number of aromatic nitrogens is 2. The van der Waals surface area contributed by atoms with E-state index in [1.54, 1.807) is 19.2 Å². The number of carbonyl (C=O) groups is 2. The summed E-state index contributed by atoms with van der Waals surface area (Å²) >= 11 is 0. The fourth-order valence-electron chi connectivity index (χ4n) is 2.43. The van der Waals surface area contributed by atoms with Gasteiger partial charge < -0.3 is 13.9 Å². The largest absolute Gasteiger partial charge is 0.497 e. The minimum Gasteiger partial charge on any atom is -0.497 e. The third kappa shape index (κ3) is 4.30. The Balaban J connectivity index is 1.70. The van der Waals surface area contributed by atoms with Crippen LogP contribution >= 0.6 is 0 Å². The van der Waals surface area contributed by atoms with E-state index in [1.165, 1.54) is 19.2 Å². The van der Waals surface area contributed by atoms with Crippen molar-refractivity contribution in [3.8, 4) is 5.75 Å². The first-order chi connectivity index (χ1) is 13.1. The van der Waals surface area contributed by atoms with Crippen LogP contribution in [-0.4, -0.2) is 36.3 Å². The minimum absolute atomic E-state index is 0.0526. The fourth-order valence-corrected chi connectivity index (χ4v) is 2.43. The Labute approximate surface area is 155 Å². The van der Waals surface area contributed by atoms with Crippen LogP contribution in [0.5, 0.6) is 5.75 Å². The lowest BCUT2D eigenvalue weighted by atomic mass is 10.1. The highest BCUT2D eigenvalue weighted by molar-refractivity contribution is 6.10. The zero-order valence-corrected chi connectivity index (χ0v) is 14.8. The van der Waals surface area contributed by atoms with Crippen molar-refractivity contribution >= 4 is 17.9 Å². The molecule has 0 aliphatic carbocycles. The molecule has 1 amide bonds. The highest BCUT2D eigenvalue weighted by atomic mass is 16.5. The van der Waals surface area contributed by atoms with Crippen molar-refractivity contribution in [3.05, 3.63) is 71.1 Å². The SMILES string of the molecule is COC(=O)c1ccccc1C(=O)Nc1nnc(Cc2ccc(OC)cc2)o1. The van der Waals surface area contributed by atoms with Gasteiger partial charge in [0.2, 0.25) is 5.89 Å². The molecule has 1 aromatic heterocycles. The van der Waals surface area contributed by atoms with Gasteiger partial charge in [-0.25, -0.2) is 4.79 Å². The van der Waals surface area contributed by atoms with E-state index in [0.717, 1.165) is 11.3 Å². The second-order valence-electron chi connectivity index (χ2n) is 5.52. The molecule has 1 heterocycles. The van der Waals surface area contributed by atoms with Crippen molar-refractivity contribution in [2.45, 2.75) is 6.42 Å². The molecule has 0 unspecified atom stereocenters. The van der Waals surface area contributed by atoms with Crippen LogP contribution in [0.15, 0.2) is 52.9 Å². The van der Waals surface area contributed by atoms with Gasteiger partial charge in [-0.3, -0.25) is 10.1 Å². The summed E-state index contributed by atoms with van der Waals surface area (Å²) in [5.41, 5.74) is 1.25. The van der Waals surface area contributed by atoms with Gasteiger partial charge in [-0.1, -0.05) is 29.4 Å². The van der Waals surface area contributed by atoms with E-state index < -0.39 is 11.9 Å². The summed E-state index contributed by atoms with van der Waals surface area (Å²) in [6.45, 7) is 0. The third-order valence-electron chi connectivity index (χ3n) is 3.78. The molecule has 0 spiro atoms. The van der Waals surface area contributed by atoms with E-state index >= 15 is 0 Å². The highest BCUT2D eigenvalue weighted by Gasteiger charge is 2.19. The second-order valence-corrected chi connectivity index (χ2v) is 5.52. The van der Waals surface area contributed by atoms with Crippen LogP contribution in [0.1, 0.15) is 32.2 Å². The number of nitrogens with one attached hydrogen (secondary N) is 1. The Hall–Kier alpha value is -3.68. The molecular weight excluding hydrogens is 350 g/mol. The standard InChI is InChI=1S/C19H17N3O5/c1-25-13-9-7-12(8-10-13)11-16-21-22-19(27-16)20-17(23)14-5-3-4-6-15(14)18(24)26-2/h3-10H,11H2,1-2H3,(H,20,22,23). The number of nitrogens with zero attached hydrogens (tertiary/aromatic N) is 2. The molecule has 138 valence electrons. The number of rotatable bonds is 6. The Morgan fingerprint density at radius 1 is 1.00 bits per heavy atom. The quantitative estimate of drug-likeness (QED) is 0.668. The van der Waals surface area contributed by atoms with E-state index in [2.05, 4.69) is 20.3 Å². The minimum atomic E-state index is -0.605. The van der Waals surface area contributed by atoms with Crippen molar-refractivity contribution in [3.63, 3.8) is 0 Å². The number of esters is 1. The van der Waals surface area contributed by atoms with Gasteiger partial charge in [0.15, 0.2) is 0 Å². The second kappa shape index (κ2) is 8.13. The van der Waals surface area contributed by atoms with Crippen molar-refractivity contribution in [1.29, 1.82) is 0 Å². The molecule has 8 heteroatoms. The van der Waals surface area contributed by atoms with Gasteiger partial charge in [-0.05, 0) is 29.8 Å². The van der Waals surface area contributed by atoms with E-state index in [4.69, 9.17) is 9.15 Å². The number of carbonyl (C=O) groups excluding carboxylic acids is 2. The van der Waals surface area contributed by atoms with Crippen LogP contribution in [0.2, 0.25) is 0 Å². The van der Waals surface area contributed by atoms with E-state index in [0.29, 0.717) is 12.3 Å². The summed E-state index contributed by atoms with van der Waals surface area (Å²) in [4.78, 5) is 24.2. The van der Waals surface area contributed by atoms with Crippen molar-refractivity contribution in [2.24, 2.45) is 0 Å². The van der Waals surface area contributed by atoms with Gasteiger partial charge in [0.1, 0.15) is 5.75 Å². The molecule has 0 aliphatic rings. The van der Waals surface area contributed by atoms with Gasteiger partial charge in [0.05, 0.1) is 31.8 Å². The lowest BCUT2D eigenvalue weighted by Gasteiger charge is -2.06. The summed E-state index contributed by atoms with van der Waals surface area (Å²) in [5.74, 6) is -0.0552. The maximum Gasteiger partial charge on any atom is 0.338 e. The van der Waals surface area contributed by atoms with Gasteiger partial charge in [-0.15, -0.1) is 5.10 Å². The molecule has 1 N–H and O–H groups in total. The molecule has 0 atom stereocenters. The van der Waals surface area contributed by atoms with E-state index in [9.17, 15) is 9.59 Å². The molecule has 3 rings (SSSR count). The number of methoxy groups -OCH3 is 2. The third-order valence-corrected chi connectivity index (χ3v) is 3.78. The van der Waals surface area contributed by atoms with Crippen molar-refractivity contribution < 1.29 is 23.5 Å². The molecule has 0 aliphatic heterocycles. The van der Waals surface area contributed by atoms with Gasteiger partial charge in [0.25, 0.3) is 5.91 Å². The van der Waals surface area contributed by atoms with Gasteiger partial charge in [0, 0.05) is 0 Å². The molecule has 8 nitrogen and oxygen atoms in total. The van der Waals surface area contributed by atoms with E-state index in [1.807, 2.05) is 24.3 Å². The molecule has 0 bridgehead atoms. The number of ether oxygens (including phenoxy) is 2. The molecule has 2 aromatic carbocycles. The Kier molecular flexibility index (Phi) is 5.46. The highest BCUT2D eigenvalue weighted by Crippen LogP contribution is 2.17. The molecule has 0 radical (unpaired) electrons. The van der Waals surface area contributed by atoms with Crippen LogP contribution in [0.25, 0.3) is 0 Å². The Morgan fingerprint density at radius 2 is 1.70 bits per heavy atom. The lowest BCUT2D eigenvalue weighted by molar-refractivity contribution is 0.0597. The predicted octanol–water partition coefficient (Wildman–Crippen LogP) is 2.71. The maximum atomic E-state index is 12.4. The first kappa shape index (κ1) is 18.1. The summed E-state index contributed by atoms with van der Waals surface area (Å²) in [6, 6.07) is 13.7. The van der Waals surface area contributed by atoms with Crippen molar-refractivity contribution in [2.75, 3.05) is 19.5 Å². The first-order valence-corrected chi connectivity index (χ1v) is 8.04. The number of anilines is 1. The number of hydrogen-bond acceptors (Lipinski definition) is 7. The Morgan fingerprint density at radius 3 is 2.37 bits per heavy atom. The maximum absolute atomic E-state index is 12.4. The average molecular weight is 367 g/mol. The number of benzene rings is 2. The fraction of sp³-hybridized carbons (Fsp3) is 0.158. The molecule has 27 heavy (non-hydrogen) atoms. The van der Waals surface area contributed by atoms with Crippen LogP contribution < -0.4 is 10.1 Å². The van der Waals surface area contributed by atoms with Crippen LogP contribution in [0.4, 0.5) is 6.01 Å². The topological polar surface area (TPSA) is 104 Å². The number of amides is 1. The first-order valence-electron chi connectivity index (χ1n) is 8.04. The zero-order valence-electron chi connectivity index (χ0n) is 14.8. The molecule has 0 saturated carbocycles. The monoisotopic (exact) mass is 367 g/mol. The Bertz CT molecular complexity index is 950. The predicted molar refractivity (Wildman–Crippen MR) is 95.8 cm³/mol. The normalized spacial score (nSPS) is 10.3. The summed E-state index contributed by atoms with van der Waals surface area (Å²) in [7, 11) is 2.85. The van der Waals surface area contributed by atoms with E-state index in [-0.39, 0.29) is 17.1 Å². The van der Waals surface area contributed by atoms with Crippen molar-refractivity contribution in [1.82, 2.24) is 10.2 Å². The summed E-state index contributed by atoms with van der Waals surface area (Å²) < 4.78 is 15.3. The summed E-state index contributed by atoms with van der Waals surface area (Å²) in [6.07, 6.45) is 0.408. The number of hydrogen-bond donors (Lipinski definition) is 1. The summed E-state index contributed by atoms with van der Waals surface area (Å²) in [5, 5.41) is 10.2. The van der Waals surface area contributed by atoms with Crippen LogP contribution in [-0.2, 0) is 11.2 Å². The smallest absolute Gasteiger partial charge is 0.338 e. The molecular formula is C19H17N3O5. The molecule has 3 aromatic rings. The molecule has 0 saturated heterocycles. The van der Waals surface area contributed by atoms with Crippen LogP contribution in [0.3, 0.4) is 0 Å².